The van der Waals surface area contributed by atoms with Crippen LogP contribution in [0.25, 0.3) is 0 Å². The van der Waals surface area contributed by atoms with Gasteiger partial charge in [0.15, 0.2) is 0 Å². The van der Waals surface area contributed by atoms with Crippen LogP contribution in [0.2, 0.25) is 0 Å². The number of hydrogen-bond donors (Lipinski definition) is 1. The number of rotatable bonds is 2. The Morgan fingerprint density at radius 2 is 2.25 bits per heavy atom. The molecule has 3 heteroatoms. The van der Waals surface area contributed by atoms with Crippen molar-refractivity contribution >= 4 is 17.2 Å². The fourth-order valence-corrected chi connectivity index (χ4v) is 1.99. The maximum absolute atomic E-state index is 5.45. The highest BCUT2D eigenvalue weighted by Crippen LogP contribution is 2.20. The molecule has 1 heterocycles. The summed E-state index contributed by atoms with van der Waals surface area (Å²) in [5.74, 6) is 0.651. The molecule has 0 fully saturated rings. The van der Waals surface area contributed by atoms with E-state index in [1.807, 2.05) is 18.3 Å². The summed E-state index contributed by atoms with van der Waals surface area (Å²) in [7, 11) is 0. The average Bonchev–Trinajstić information content (AvgIpc) is 2.26. The fourth-order valence-electron chi connectivity index (χ4n) is 1.05. The van der Waals surface area contributed by atoms with Gasteiger partial charge in [0.25, 0.3) is 0 Å². The molecule has 0 amide bonds. The number of nitrogens with zero attached hydrogens (tertiary/aromatic N) is 1. The smallest absolute Gasteiger partial charge is 0.0909 e. The maximum Gasteiger partial charge on any atom is 0.0909 e. The molecule has 0 aromatic carbocycles. The molecular weight excluding hydrogens is 168 g/mol. The third-order valence-corrected chi connectivity index (χ3v) is 2.65. The van der Waals surface area contributed by atoms with Crippen LogP contribution in [0.4, 0.5) is 0 Å². The topological polar surface area (TPSA) is 38.4 Å². The predicted octanol–water partition coefficient (Wildman–Crippen LogP) is 2.24. The first-order valence-electron chi connectivity index (χ1n) is 3.92. The van der Waals surface area contributed by atoms with Crippen molar-refractivity contribution in [2.45, 2.75) is 27.3 Å². The molecule has 0 saturated carbocycles. The Bertz CT molecular complexity index is 295. The summed E-state index contributed by atoms with van der Waals surface area (Å²) >= 11 is 1.81. The van der Waals surface area contributed by atoms with Crippen molar-refractivity contribution in [1.82, 2.24) is 0 Å². The predicted molar refractivity (Wildman–Crippen MR) is 54.8 cm³/mol. The molecule has 0 aliphatic carbocycles. The SMILES string of the molecule is CC(N)=NCc1cc(C)sc1C. The largest absolute Gasteiger partial charge is 0.388 e. The maximum atomic E-state index is 5.45. The first-order chi connectivity index (χ1) is 5.59. The number of amidine groups is 1. The Labute approximate surface area is 77.1 Å². The highest BCUT2D eigenvalue weighted by atomic mass is 32.1. The van der Waals surface area contributed by atoms with Gasteiger partial charge in [-0.3, -0.25) is 4.99 Å². The molecule has 0 spiro atoms. The van der Waals surface area contributed by atoms with E-state index in [-0.39, 0.29) is 0 Å². The molecular formula is C9H14N2S. The van der Waals surface area contributed by atoms with E-state index in [2.05, 4.69) is 24.9 Å². The molecule has 0 aliphatic heterocycles. The van der Waals surface area contributed by atoms with Gasteiger partial charge in [0.1, 0.15) is 0 Å². The van der Waals surface area contributed by atoms with Gasteiger partial charge >= 0.3 is 0 Å². The van der Waals surface area contributed by atoms with Crippen molar-refractivity contribution in [3.63, 3.8) is 0 Å². The van der Waals surface area contributed by atoms with Crippen LogP contribution in [0.3, 0.4) is 0 Å². The molecule has 1 rings (SSSR count). The number of thiophene rings is 1. The van der Waals surface area contributed by atoms with Gasteiger partial charge in [0.2, 0.25) is 0 Å². The molecule has 0 atom stereocenters. The molecule has 0 bridgehead atoms. The van der Waals surface area contributed by atoms with E-state index in [1.54, 1.807) is 0 Å². The zero-order valence-electron chi connectivity index (χ0n) is 7.72. The second-order valence-corrected chi connectivity index (χ2v) is 4.36. The van der Waals surface area contributed by atoms with Crippen LogP contribution in [0.5, 0.6) is 0 Å². The Hall–Kier alpha value is -0.830. The number of hydrogen-bond acceptors (Lipinski definition) is 2. The lowest BCUT2D eigenvalue weighted by Gasteiger charge is -1.93. The van der Waals surface area contributed by atoms with Crippen molar-refractivity contribution in [1.29, 1.82) is 0 Å². The van der Waals surface area contributed by atoms with Gasteiger partial charge < -0.3 is 5.73 Å². The Balaban J connectivity index is 2.75. The Kier molecular flexibility index (Phi) is 2.87. The second kappa shape index (κ2) is 3.72. The van der Waals surface area contributed by atoms with E-state index in [0.29, 0.717) is 5.84 Å². The standard InChI is InChI=1S/C9H14N2S/c1-6-4-9(7(2)12-6)5-11-8(3)10/h4H,5H2,1-3H3,(H2,10,11). The van der Waals surface area contributed by atoms with Crippen LogP contribution < -0.4 is 5.73 Å². The monoisotopic (exact) mass is 182 g/mol. The highest BCUT2D eigenvalue weighted by molar-refractivity contribution is 7.12. The van der Waals surface area contributed by atoms with E-state index < -0.39 is 0 Å². The lowest BCUT2D eigenvalue weighted by molar-refractivity contribution is 1.05. The van der Waals surface area contributed by atoms with Crippen molar-refractivity contribution < 1.29 is 0 Å². The van der Waals surface area contributed by atoms with Gasteiger partial charge in [-0.2, -0.15) is 0 Å². The van der Waals surface area contributed by atoms with E-state index in [9.17, 15) is 0 Å². The summed E-state index contributed by atoms with van der Waals surface area (Å²) in [6.07, 6.45) is 0. The normalized spacial score (nSPS) is 12.1. The quantitative estimate of drug-likeness (QED) is 0.553. The number of aryl methyl sites for hydroxylation is 2. The molecule has 12 heavy (non-hydrogen) atoms. The summed E-state index contributed by atoms with van der Waals surface area (Å²) in [4.78, 5) is 6.86. The Morgan fingerprint density at radius 1 is 1.58 bits per heavy atom. The third-order valence-electron chi connectivity index (χ3n) is 1.64. The summed E-state index contributed by atoms with van der Waals surface area (Å²) in [6.45, 7) is 6.77. The number of nitrogens with two attached hydrogens (primary N) is 1. The van der Waals surface area contributed by atoms with Gasteiger partial charge in [-0.15, -0.1) is 11.3 Å². The molecule has 0 saturated heterocycles. The molecule has 66 valence electrons. The molecule has 1 aromatic rings. The first-order valence-corrected chi connectivity index (χ1v) is 4.73. The van der Waals surface area contributed by atoms with Crippen LogP contribution in [-0.2, 0) is 6.54 Å². The minimum absolute atomic E-state index is 0.651. The fraction of sp³-hybridized carbons (Fsp3) is 0.444. The van der Waals surface area contributed by atoms with Crippen LogP contribution >= 0.6 is 11.3 Å². The van der Waals surface area contributed by atoms with E-state index in [4.69, 9.17) is 5.73 Å². The first kappa shape index (κ1) is 9.26. The summed E-state index contributed by atoms with van der Waals surface area (Å²) < 4.78 is 0. The molecule has 0 unspecified atom stereocenters. The van der Waals surface area contributed by atoms with Crippen molar-refractivity contribution in [3.8, 4) is 0 Å². The van der Waals surface area contributed by atoms with E-state index in [1.165, 1.54) is 15.3 Å². The molecule has 0 radical (unpaired) electrons. The lowest BCUT2D eigenvalue weighted by atomic mass is 10.2. The van der Waals surface area contributed by atoms with Gasteiger partial charge in [-0.1, -0.05) is 0 Å². The van der Waals surface area contributed by atoms with E-state index in [0.717, 1.165) is 6.54 Å². The van der Waals surface area contributed by atoms with Crippen molar-refractivity contribution in [2.75, 3.05) is 0 Å². The van der Waals surface area contributed by atoms with Gasteiger partial charge in [0, 0.05) is 9.75 Å². The van der Waals surface area contributed by atoms with E-state index >= 15 is 0 Å². The average molecular weight is 182 g/mol. The van der Waals surface area contributed by atoms with Crippen LogP contribution in [0.1, 0.15) is 22.2 Å². The Morgan fingerprint density at radius 3 is 2.67 bits per heavy atom. The van der Waals surface area contributed by atoms with Gasteiger partial charge in [-0.25, -0.2) is 0 Å². The van der Waals surface area contributed by atoms with Crippen LogP contribution in [0.15, 0.2) is 11.1 Å². The van der Waals surface area contributed by atoms with Crippen molar-refractivity contribution in [3.05, 3.63) is 21.4 Å². The summed E-state index contributed by atoms with van der Waals surface area (Å²) in [5, 5.41) is 0. The lowest BCUT2D eigenvalue weighted by Crippen LogP contribution is -2.05. The van der Waals surface area contributed by atoms with Gasteiger partial charge in [0.05, 0.1) is 12.4 Å². The molecule has 0 aliphatic rings. The minimum Gasteiger partial charge on any atom is -0.388 e. The molecule has 2 N–H and O–H groups in total. The second-order valence-electron chi connectivity index (χ2n) is 2.90. The zero-order chi connectivity index (χ0) is 9.14. The number of aliphatic imine (C=N–C) groups is 1. The molecule has 1 aromatic heterocycles. The summed E-state index contributed by atoms with van der Waals surface area (Å²) in [5.41, 5.74) is 6.74. The summed E-state index contributed by atoms with van der Waals surface area (Å²) in [6, 6.07) is 2.17. The molecule has 2 nitrogen and oxygen atoms in total. The third kappa shape index (κ3) is 2.34. The van der Waals surface area contributed by atoms with Gasteiger partial charge in [-0.05, 0) is 32.4 Å². The van der Waals surface area contributed by atoms with Crippen LogP contribution in [0, 0.1) is 13.8 Å². The van der Waals surface area contributed by atoms with Crippen molar-refractivity contribution in [2.24, 2.45) is 10.7 Å². The minimum atomic E-state index is 0.651. The van der Waals surface area contributed by atoms with Crippen LogP contribution in [-0.4, -0.2) is 5.84 Å². The highest BCUT2D eigenvalue weighted by Gasteiger charge is 2.00. The zero-order valence-corrected chi connectivity index (χ0v) is 8.53.